The fourth-order valence-corrected chi connectivity index (χ4v) is 4.41. The molecule has 4 rings (SSSR count). The van der Waals surface area contributed by atoms with Crippen molar-refractivity contribution in [1.29, 1.82) is 0 Å². The number of aromatic nitrogens is 1. The van der Waals surface area contributed by atoms with Gasteiger partial charge in [-0.15, -0.1) is 0 Å². The monoisotopic (exact) mass is 277 g/mol. The van der Waals surface area contributed by atoms with Crippen LogP contribution < -0.4 is 0 Å². The maximum Gasteiger partial charge on any atom is 0.0704 e. The molecule has 1 aromatic heterocycles. The Morgan fingerprint density at radius 2 is 1.90 bits per heavy atom. The molecule has 2 aromatic rings. The Kier molecular flexibility index (Phi) is 3.29. The Labute approximate surface area is 127 Å². The molecule has 0 saturated heterocycles. The molecule has 108 valence electrons. The van der Waals surface area contributed by atoms with Crippen LogP contribution in [0.25, 0.3) is 11.3 Å². The van der Waals surface area contributed by atoms with Gasteiger partial charge in [0.15, 0.2) is 0 Å². The highest BCUT2D eigenvalue weighted by Crippen LogP contribution is 2.52. The Morgan fingerprint density at radius 3 is 2.57 bits per heavy atom. The van der Waals surface area contributed by atoms with Gasteiger partial charge < -0.3 is 0 Å². The molecule has 1 heterocycles. The lowest BCUT2D eigenvalue weighted by Gasteiger charge is -2.22. The fraction of sp³-hybridized carbons (Fsp3) is 0.450. The van der Waals surface area contributed by atoms with Gasteiger partial charge in [0.25, 0.3) is 0 Å². The standard InChI is InChI=1S/C20H23N/c1-2-14-9-10-21-20(13-14)17-7-5-16(6-8-17)19-12-15-3-4-18(19)11-15/h5-10,13,15,18-19H,2-4,11-12H2,1H3. The molecule has 2 saturated carbocycles. The molecule has 2 fully saturated rings. The summed E-state index contributed by atoms with van der Waals surface area (Å²) in [7, 11) is 0. The van der Waals surface area contributed by atoms with Crippen molar-refractivity contribution in [3.63, 3.8) is 0 Å². The summed E-state index contributed by atoms with van der Waals surface area (Å²) in [5.41, 5.74) is 5.26. The highest BCUT2D eigenvalue weighted by Gasteiger charge is 2.39. The van der Waals surface area contributed by atoms with E-state index in [1.165, 1.54) is 36.8 Å². The molecule has 2 aliphatic rings. The first-order valence-corrected chi connectivity index (χ1v) is 8.38. The molecule has 0 N–H and O–H groups in total. The minimum atomic E-state index is 0.827. The van der Waals surface area contributed by atoms with Crippen molar-refractivity contribution in [1.82, 2.24) is 4.98 Å². The zero-order valence-electron chi connectivity index (χ0n) is 12.8. The van der Waals surface area contributed by atoms with Gasteiger partial charge in [0.1, 0.15) is 0 Å². The van der Waals surface area contributed by atoms with Crippen molar-refractivity contribution >= 4 is 0 Å². The predicted molar refractivity (Wildman–Crippen MR) is 87.2 cm³/mol. The second kappa shape index (κ2) is 5.29. The Morgan fingerprint density at radius 1 is 1.05 bits per heavy atom. The van der Waals surface area contributed by atoms with Crippen LogP contribution in [-0.2, 0) is 6.42 Å². The van der Waals surface area contributed by atoms with Crippen LogP contribution in [0.15, 0.2) is 42.6 Å². The zero-order valence-corrected chi connectivity index (χ0v) is 12.8. The highest BCUT2D eigenvalue weighted by atomic mass is 14.7. The normalized spacial score (nSPS) is 27.2. The fourth-order valence-electron chi connectivity index (χ4n) is 4.41. The van der Waals surface area contributed by atoms with E-state index in [-0.39, 0.29) is 0 Å². The van der Waals surface area contributed by atoms with Crippen molar-refractivity contribution < 1.29 is 0 Å². The van der Waals surface area contributed by atoms with Crippen LogP contribution in [0.3, 0.4) is 0 Å². The number of hydrogen-bond acceptors (Lipinski definition) is 1. The van der Waals surface area contributed by atoms with Gasteiger partial charge in [0.05, 0.1) is 5.69 Å². The van der Waals surface area contributed by atoms with Crippen LogP contribution in [0, 0.1) is 11.8 Å². The van der Waals surface area contributed by atoms with Crippen molar-refractivity contribution in [3.8, 4) is 11.3 Å². The Bertz CT molecular complexity index is 629. The SMILES string of the molecule is CCc1ccnc(-c2ccc(C3CC4CCC3C4)cc2)c1. The quantitative estimate of drug-likeness (QED) is 0.750. The van der Waals surface area contributed by atoms with Crippen molar-refractivity contribution in [3.05, 3.63) is 53.7 Å². The number of pyridine rings is 1. The minimum Gasteiger partial charge on any atom is -0.256 e. The largest absolute Gasteiger partial charge is 0.256 e. The van der Waals surface area contributed by atoms with E-state index in [0.717, 1.165) is 29.9 Å². The lowest BCUT2D eigenvalue weighted by Crippen LogP contribution is -2.08. The number of benzene rings is 1. The smallest absolute Gasteiger partial charge is 0.0704 e. The topological polar surface area (TPSA) is 12.9 Å². The molecule has 21 heavy (non-hydrogen) atoms. The number of aryl methyl sites for hydroxylation is 1. The van der Waals surface area contributed by atoms with Gasteiger partial charge in [-0.3, -0.25) is 4.98 Å². The second-order valence-corrected chi connectivity index (χ2v) is 6.81. The maximum absolute atomic E-state index is 4.52. The highest BCUT2D eigenvalue weighted by molar-refractivity contribution is 5.60. The number of hydrogen-bond donors (Lipinski definition) is 0. The van der Waals surface area contributed by atoms with Gasteiger partial charge in [-0.2, -0.15) is 0 Å². The first kappa shape index (κ1) is 13.1. The molecule has 0 radical (unpaired) electrons. The van der Waals surface area contributed by atoms with Crippen LogP contribution in [0.4, 0.5) is 0 Å². The van der Waals surface area contributed by atoms with Crippen molar-refractivity contribution in [2.75, 3.05) is 0 Å². The molecule has 3 unspecified atom stereocenters. The summed E-state index contributed by atoms with van der Waals surface area (Å²) in [5.74, 6) is 2.80. The van der Waals surface area contributed by atoms with Crippen molar-refractivity contribution in [2.45, 2.75) is 44.9 Å². The van der Waals surface area contributed by atoms with E-state index in [1.807, 2.05) is 6.20 Å². The molecule has 1 nitrogen and oxygen atoms in total. The Balaban J connectivity index is 1.58. The van der Waals surface area contributed by atoms with E-state index in [2.05, 4.69) is 48.3 Å². The van der Waals surface area contributed by atoms with Crippen LogP contribution >= 0.6 is 0 Å². The molecular weight excluding hydrogens is 254 g/mol. The molecule has 0 amide bonds. The first-order chi connectivity index (χ1) is 10.3. The molecule has 0 spiro atoms. The Hall–Kier alpha value is -1.63. The van der Waals surface area contributed by atoms with E-state index in [9.17, 15) is 0 Å². The van der Waals surface area contributed by atoms with Crippen LogP contribution in [0.2, 0.25) is 0 Å². The van der Waals surface area contributed by atoms with E-state index < -0.39 is 0 Å². The summed E-state index contributed by atoms with van der Waals surface area (Å²) in [4.78, 5) is 4.52. The molecule has 3 atom stereocenters. The molecule has 2 aliphatic carbocycles. The van der Waals surface area contributed by atoms with E-state index >= 15 is 0 Å². The molecule has 1 aromatic carbocycles. The van der Waals surface area contributed by atoms with Gasteiger partial charge in [-0.1, -0.05) is 37.6 Å². The zero-order chi connectivity index (χ0) is 14.2. The summed E-state index contributed by atoms with van der Waals surface area (Å²) in [6.45, 7) is 2.19. The predicted octanol–water partition coefficient (Wildman–Crippen LogP) is 5.21. The van der Waals surface area contributed by atoms with E-state index in [4.69, 9.17) is 0 Å². The van der Waals surface area contributed by atoms with Crippen LogP contribution in [0.1, 0.15) is 49.7 Å². The van der Waals surface area contributed by atoms with Crippen LogP contribution in [0.5, 0.6) is 0 Å². The average Bonchev–Trinajstić information content (AvgIpc) is 3.18. The molecule has 0 aliphatic heterocycles. The summed E-state index contributed by atoms with van der Waals surface area (Å²) in [6, 6.07) is 13.5. The number of rotatable bonds is 3. The van der Waals surface area contributed by atoms with E-state index in [0.29, 0.717) is 0 Å². The summed E-state index contributed by atoms with van der Waals surface area (Å²) in [6.07, 6.45) is 8.83. The van der Waals surface area contributed by atoms with Gasteiger partial charge >= 0.3 is 0 Å². The minimum absolute atomic E-state index is 0.827. The lowest BCUT2D eigenvalue weighted by atomic mass is 9.83. The number of nitrogens with zero attached hydrogens (tertiary/aromatic N) is 1. The van der Waals surface area contributed by atoms with Crippen molar-refractivity contribution in [2.24, 2.45) is 11.8 Å². The van der Waals surface area contributed by atoms with Gasteiger partial charge in [0, 0.05) is 11.8 Å². The van der Waals surface area contributed by atoms with Crippen LogP contribution in [-0.4, -0.2) is 4.98 Å². The summed E-state index contributed by atoms with van der Waals surface area (Å²) < 4.78 is 0. The van der Waals surface area contributed by atoms with Gasteiger partial charge in [-0.05, 0) is 66.7 Å². The summed E-state index contributed by atoms with van der Waals surface area (Å²) >= 11 is 0. The van der Waals surface area contributed by atoms with Gasteiger partial charge in [0.2, 0.25) is 0 Å². The third-order valence-corrected chi connectivity index (χ3v) is 5.61. The maximum atomic E-state index is 4.52. The number of fused-ring (bicyclic) bond motifs is 2. The lowest BCUT2D eigenvalue weighted by molar-refractivity contribution is 0.420. The third kappa shape index (κ3) is 2.39. The van der Waals surface area contributed by atoms with Gasteiger partial charge in [-0.25, -0.2) is 0 Å². The first-order valence-electron chi connectivity index (χ1n) is 8.38. The molecular formula is C20H23N. The third-order valence-electron chi connectivity index (χ3n) is 5.61. The second-order valence-electron chi connectivity index (χ2n) is 6.81. The molecule has 2 bridgehead atoms. The average molecular weight is 277 g/mol. The van der Waals surface area contributed by atoms with E-state index in [1.54, 1.807) is 5.56 Å². The summed E-state index contributed by atoms with van der Waals surface area (Å²) in [5, 5.41) is 0. The molecule has 1 heteroatoms.